The molecule has 4 heterocycles. The molecule has 2 N–H and O–H groups in total. The van der Waals surface area contributed by atoms with Gasteiger partial charge >= 0.3 is 6.09 Å². The minimum Gasteiger partial charge on any atom is -0.444 e. The summed E-state index contributed by atoms with van der Waals surface area (Å²) in [5.41, 5.74) is 0.513. The number of aromatic amines is 1. The highest BCUT2D eigenvalue weighted by Gasteiger charge is 2.42. The molecule has 14 heteroatoms. The van der Waals surface area contributed by atoms with Crippen LogP contribution in [0, 0.1) is 17.2 Å². The topological polar surface area (TPSA) is 148 Å². The normalized spacial score (nSPS) is 19.9. The Balaban J connectivity index is 0.868. The third-order valence-electron chi connectivity index (χ3n) is 12.8. The van der Waals surface area contributed by atoms with Crippen molar-refractivity contribution in [2.75, 3.05) is 58.9 Å². The number of carbonyl (C=O) groups excluding carboxylic acids is 4. The number of hydrogen-bond donors (Lipinski definition) is 2. The van der Waals surface area contributed by atoms with E-state index in [1.165, 1.54) is 6.07 Å². The third kappa shape index (κ3) is 9.70. The van der Waals surface area contributed by atoms with Crippen LogP contribution < -0.4 is 10.9 Å². The van der Waals surface area contributed by atoms with E-state index in [9.17, 15) is 24.0 Å². The largest absolute Gasteiger partial charge is 0.444 e. The van der Waals surface area contributed by atoms with E-state index in [2.05, 4.69) is 20.4 Å². The number of amides is 4. The Hall–Kier alpha value is -4.85. The number of halogens is 1. The molecule has 4 aliphatic rings. The summed E-state index contributed by atoms with van der Waals surface area (Å²) in [4.78, 5) is 73.5. The first-order valence-electron chi connectivity index (χ1n) is 21.1. The van der Waals surface area contributed by atoms with Gasteiger partial charge < -0.3 is 24.8 Å². The minimum atomic E-state index is -0.641. The summed E-state index contributed by atoms with van der Waals surface area (Å²) in [5.74, 6) is -0.864. The van der Waals surface area contributed by atoms with E-state index in [0.29, 0.717) is 74.3 Å². The number of fused-ring (bicyclic) bond motifs is 1. The average Bonchev–Trinajstić information content (AvgIpc) is 3.22. The van der Waals surface area contributed by atoms with Crippen molar-refractivity contribution in [2.24, 2.45) is 11.3 Å². The van der Waals surface area contributed by atoms with Crippen LogP contribution in [0.25, 0.3) is 10.8 Å². The molecule has 4 amide bonds. The van der Waals surface area contributed by atoms with E-state index in [1.807, 2.05) is 37.8 Å². The number of nitrogens with zero attached hydrogens (tertiary/aromatic N) is 5. The zero-order valence-electron chi connectivity index (χ0n) is 34.2. The smallest absolute Gasteiger partial charge is 0.408 e. The highest BCUT2D eigenvalue weighted by Crippen LogP contribution is 2.42. The maximum absolute atomic E-state index is 15.0. The van der Waals surface area contributed by atoms with Crippen LogP contribution in [-0.2, 0) is 20.7 Å². The van der Waals surface area contributed by atoms with Crippen molar-refractivity contribution in [1.82, 2.24) is 35.1 Å². The molecule has 1 saturated carbocycles. The van der Waals surface area contributed by atoms with Crippen LogP contribution in [0.15, 0.2) is 47.3 Å². The van der Waals surface area contributed by atoms with Gasteiger partial charge in [0, 0.05) is 51.1 Å². The number of carbonyl (C=O) groups is 4. The zero-order chi connectivity index (χ0) is 41.0. The predicted octanol–water partition coefficient (Wildman–Crippen LogP) is 5.12. The average molecular weight is 800 g/mol. The lowest BCUT2D eigenvalue weighted by Crippen LogP contribution is -2.57. The molecule has 0 radical (unpaired) electrons. The highest BCUT2D eigenvalue weighted by atomic mass is 19.1. The highest BCUT2D eigenvalue weighted by molar-refractivity contribution is 5.95. The van der Waals surface area contributed by atoms with Gasteiger partial charge in [0.1, 0.15) is 17.5 Å². The summed E-state index contributed by atoms with van der Waals surface area (Å²) in [6, 6.07) is 11.1. The molecule has 1 aliphatic carbocycles. The fourth-order valence-electron chi connectivity index (χ4n) is 9.33. The van der Waals surface area contributed by atoms with Gasteiger partial charge in [-0.15, -0.1) is 0 Å². The van der Waals surface area contributed by atoms with Crippen LogP contribution in [0.3, 0.4) is 0 Å². The van der Waals surface area contributed by atoms with Crippen molar-refractivity contribution in [3.8, 4) is 0 Å². The number of piperidine rings is 2. The monoisotopic (exact) mass is 799 g/mol. The molecular weight excluding hydrogens is 742 g/mol. The number of hydrogen-bond acceptors (Lipinski definition) is 8. The van der Waals surface area contributed by atoms with E-state index < -0.39 is 29.5 Å². The Bertz CT molecular complexity index is 2030. The quantitative estimate of drug-likeness (QED) is 0.320. The van der Waals surface area contributed by atoms with Crippen molar-refractivity contribution >= 4 is 34.6 Å². The van der Waals surface area contributed by atoms with Crippen molar-refractivity contribution in [1.29, 1.82) is 0 Å². The predicted molar refractivity (Wildman–Crippen MR) is 218 cm³/mol. The van der Waals surface area contributed by atoms with Crippen LogP contribution in [0.1, 0.15) is 100 Å². The van der Waals surface area contributed by atoms with Gasteiger partial charge in [0.2, 0.25) is 11.8 Å². The lowest BCUT2D eigenvalue weighted by Gasteiger charge is -2.47. The fraction of sp³-hybridized carbons (Fsp3) is 0.591. The molecule has 2 aromatic carbocycles. The van der Waals surface area contributed by atoms with Gasteiger partial charge in [-0.05, 0) is 107 Å². The number of alkyl carbamates (subject to hydrolysis) is 1. The van der Waals surface area contributed by atoms with Crippen molar-refractivity contribution < 1.29 is 28.3 Å². The van der Waals surface area contributed by atoms with Crippen LogP contribution in [-0.4, -0.2) is 124 Å². The molecule has 0 bridgehead atoms. The molecular formula is C44H58FN7O6. The lowest BCUT2D eigenvalue weighted by atomic mass is 9.71. The number of rotatable bonds is 8. The number of nitrogens with one attached hydrogen (secondary N) is 2. The molecule has 3 aromatic rings. The summed E-state index contributed by atoms with van der Waals surface area (Å²) in [6.45, 7) is 10.1. The van der Waals surface area contributed by atoms with E-state index in [1.54, 1.807) is 34.1 Å². The molecule has 3 aliphatic heterocycles. The number of piperazine rings is 1. The molecule has 312 valence electrons. The number of aromatic nitrogens is 2. The van der Waals surface area contributed by atoms with Gasteiger partial charge in [-0.3, -0.25) is 24.1 Å². The van der Waals surface area contributed by atoms with Gasteiger partial charge in [-0.2, -0.15) is 5.10 Å². The standard InChI is InChI=1S/C44H58FN7O6/c1-43(2,3)58-42(57)46-38(31-9-5-4-6-10-31)41(56)51-21-17-44(18-22-51)15-19-49(20-16-44)29-37(53)50-23-25-52(26-24-50)40(55)34-27-30(13-14-35(34)45)28-36-32-11-7-8-12-33(32)39(54)48-47-36/h7-8,11-14,27,31,38H,4-6,9-10,15-26,28-29H2,1-3H3,(H,46,57)(H,48,54)/t38-/m1/s1. The maximum atomic E-state index is 15.0. The lowest BCUT2D eigenvalue weighted by molar-refractivity contribution is -0.139. The molecule has 13 nitrogen and oxygen atoms in total. The molecule has 58 heavy (non-hydrogen) atoms. The Morgan fingerprint density at radius 2 is 1.50 bits per heavy atom. The second kappa shape index (κ2) is 17.6. The van der Waals surface area contributed by atoms with Crippen molar-refractivity contribution in [3.05, 3.63) is 75.5 Å². The summed E-state index contributed by atoms with van der Waals surface area (Å²) >= 11 is 0. The van der Waals surface area contributed by atoms with E-state index in [4.69, 9.17) is 4.74 Å². The molecule has 7 rings (SSSR count). The second-order valence-electron chi connectivity index (χ2n) is 17.8. The molecule has 1 aromatic heterocycles. The minimum absolute atomic E-state index is 0.00472. The van der Waals surface area contributed by atoms with Crippen LogP contribution in [0.5, 0.6) is 0 Å². The number of benzene rings is 2. The Morgan fingerprint density at radius 1 is 0.862 bits per heavy atom. The van der Waals surface area contributed by atoms with Crippen LogP contribution in [0.4, 0.5) is 9.18 Å². The van der Waals surface area contributed by atoms with Crippen molar-refractivity contribution in [2.45, 2.75) is 96.6 Å². The van der Waals surface area contributed by atoms with Crippen molar-refractivity contribution in [3.63, 3.8) is 0 Å². The number of likely N-dealkylation sites (tertiary alicyclic amines) is 2. The molecule has 3 saturated heterocycles. The first-order chi connectivity index (χ1) is 27.8. The summed E-state index contributed by atoms with van der Waals surface area (Å²) in [5, 5.41) is 10.9. The molecule has 1 spiro atoms. The first-order valence-corrected chi connectivity index (χ1v) is 21.1. The van der Waals surface area contributed by atoms with Gasteiger partial charge in [0.25, 0.3) is 11.5 Å². The van der Waals surface area contributed by atoms with E-state index in [0.717, 1.165) is 70.9 Å². The van der Waals surface area contributed by atoms with Gasteiger partial charge in [-0.25, -0.2) is 14.3 Å². The molecule has 4 fully saturated rings. The van der Waals surface area contributed by atoms with Gasteiger partial charge in [0.15, 0.2) is 0 Å². The summed E-state index contributed by atoms with van der Waals surface area (Å²) in [6.07, 6.45) is 8.67. The summed E-state index contributed by atoms with van der Waals surface area (Å²) in [7, 11) is 0. The maximum Gasteiger partial charge on any atom is 0.408 e. The Morgan fingerprint density at radius 3 is 2.17 bits per heavy atom. The Kier molecular flexibility index (Phi) is 12.5. The number of H-pyrrole nitrogens is 1. The van der Waals surface area contributed by atoms with Gasteiger partial charge in [0.05, 0.1) is 23.2 Å². The summed E-state index contributed by atoms with van der Waals surface area (Å²) < 4.78 is 20.6. The van der Waals surface area contributed by atoms with E-state index in [-0.39, 0.29) is 34.3 Å². The zero-order valence-corrected chi connectivity index (χ0v) is 34.2. The Labute approximate surface area is 339 Å². The van der Waals surface area contributed by atoms with E-state index >= 15 is 4.39 Å². The SMILES string of the molecule is CC(C)(C)OC(=O)N[C@@H](C(=O)N1CCC2(CCN(CC(=O)N3CCN(C(=O)c4cc(Cc5n[nH]c(=O)c6ccccc56)ccc4F)CC3)CC2)CC1)C1CCCCC1. The molecule has 0 unspecified atom stereocenters. The van der Waals surface area contributed by atoms with Crippen LogP contribution in [0.2, 0.25) is 0 Å². The van der Waals surface area contributed by atoms with Crippen LogP contribution >= 0.6 is 0 Å². The third-order valence-corrected chi connectivity index (χ3v) is 12.8. The second-order valence-corrected chi connectivity index (χ2v) is 17.8. The first kappa shape index (κ1) is 41.3. The fourth-order valence-corrected chi connectivity index (χ4v) is 9.33. The van der Waals surface area contributed by atoms with Gasteiger partial charge in [-0.1, -0.05) is 43.5 Å². The number of ether oxygens (including phenoxy) is 1. The molecule has 1 atom stereocenters.